The summed E-state index contributed by atoms with van der Waals surface area (Å²) >= 11 is 0. The van der Waals surface area contributed by atoms with Crippen LogP contribution in [-0.4, -0.2) is 39.0 Å². The third-order valence-corrected chi connectivity index (χ3v) is 5.37. The summed E-state index contributed by atoms with van der Waals surface area (Å²) in [6, 6.07) is 12.9. The molecule has 0 saturated carbocycles. The van der Waals surface area contributed by atoms with Gasteiger partial charge in [0, 0.05) is 18.1 Å². The zero-order chi connectivity index (χ0) is 18.9. The highest BCUT2D eigenvalue weighted by molar-refractivity contribution is 7.88. The quantitative estimate of drug-likeness (QED) is 0.806. The third-order valence-electron chi connectivity index (χ3n) is 4.36. The van der Waals surface area contributed by atoms with Crippen molar-refractivity contribution in [2.45, 2.75) is 19.4 Å². The lowest BCUT2D eigenvalue weighted by Crippen LogP contribution is -2.25. The van der Waals surface area contributed by atoms with Crippen LogP contribution in [0, 0.1) is 6.92 Å². The molecule has 2 aromatic carbocycles. The summed E-state index contributed by atoms with van der Waals surface area (Å²) in [5.74, 6) is 1.26. The molecule has 0 aliphatic carbocycles. The standard InChI is InChI=1S/C19H22N2O4S/c1-13-6-5-7-14(10-13)18-12-17(20-21(18)26(4,22)23)16-9-8-15(24-2)11-19(16)25-3/h5-11,18H,12H2,1-4H3. The van der Waals surface area contributed by atoms with Gasteiger partial charge in [0.1, 0.15) is 11.5 Å². The molecule has 2 aromatic rings. The first kappa shape index (κ1) is 18.3. The summed E-state index contributed by atoms with van der Waals surface area (Å²) in [7, 11) is -0.352. The van der Waals surface area contributed by atoms with E-state index in [1.54, 1.807) is 20.3 Å². The van der Waals surface area contributed by atoms with Gasteiger partial charge in [-0.2, -0.15) is 9.52 Å². The van der Waals surface area contributed by atoms with Crippen LogP contribution in [0.15, 0.2) is 47.6 Å². The molecule has 1 heterocycles. The molecule has 0 bridgehead atoms. The maximum absolute atomic E-state index is 12.3. The normalized spacial score (nSPS) is 17.2. The molecule has 26 heavy (non-hydrogen) atoms. The Hall–Kier alpha value is -2.54. The van der Waals surface area contributed by atoms with Crippen LogP contribution in [0.3, 0.4) is 0 Å². The molecule has 1 atom stereocenters. The monoisotopic (exact) mass is 374 g/mol. The Morgan fingerprint density at radius 3 is 2.50 bits per heavy atom. The maximum Gasteiger partial charge on any atom is 0.247 e. The highest BCUT2D eigenvalue weighted by Gasteiger charge is 2.35. The summed E-state index contributed by atoms with van der Waals surface area (Å²) in [6.07, 6.45) is 1.65. The van der Waals surface area contributed by atoms with Crippen LogP contribution in [-0.2, 0) is 10.0 Å². The molecule has 0 amide bonds. The van der Waals surface area contributed by atoms with Crippen molar-refractivity contribution in [3.63, 3.8) is 0 Å². The number of hydrogen-bond acceptors (Lipinski definition) is 5. The van der Waals surface area contributed by atoms with Gasteiger partial charge in [-0.25, -0.2) is 8.42 Å². The van der Waals surface area contributed by atoms with Gasteiger partial charge in [0.15, 0.2) is 0 Å². The molecule has 0 fully saturated rings. The summed E-state index contributed by atoms with van der Waals surface area (Å²) in [6.45, 7) is 1.98. The third kappa shape index (κ3) is 3.53. The molecule has 0 aromatic heterocycles. The zero-order valence-corrected chi connectivity index (χ0v) is 16.1. The Morgan fingerprint density at radius 2 is 1.88 bits per heavy atom. The summed E-state index contributed by atoms with van der Waals surface area (Å²) in [5, 5.41) is 4.42. The van der Waals surface area contributed by atoms with Gasteiger partial charge in [0.25, 0.3) is 0 Å². The van der Waals surface area contributed by atoms with Gasteiger partial charge in [0.2, 0.25) is 10.0 Å². The number of hydrogen-bond donors (Lipinski definition) is 0. The fourth-order valence-electron chi connectivity index (χ4n) is 3.12. The van der Waals surface area contributed by atoms with E-state index >= 15 is 0 Å². The van der Waals surface area contributed by atoms with Crippen LogP contribution in [0.5, 0.6) is 11.5 Å². The number of rotatable bonds is 5. The number of methoxy groups -OCH3 is 2. The minimum Gasteiger partial charge on any atom is -0.497 e. The minimum absolute atomic E-state index is 0.369. The van der Waals surface area contributed by atoms with Crippen molar-refractivity contribution < 1.29 is 17.9 Å². The Bertz CT molecular complexity index is 954. The van der Waals surface area contributed by atoms with Gasteiger partial charge in [-0.05, 0) is 24.6 Å². The van der Waals surface area contributed by atoms with Crippen LogP contribution in [0.1, 0.15) is 29.2 Å². The average molecular weight is 374 g/mol. The number of hydrazone groups is 1. The number of sulfonamides is 1. The molecule has 0 radical (unpaired) electrons. The van der Waals surface area contributed by atoms with Crippen molar-refractivity contribution >= 4 is 15.7 Å². The van der Waals surface area contributed by atoms with Crippen molar-refractivity contribution in [3.05, 3.63) is 59.2 Å². The number of nitrogens with zero attached hydrogens (tertiary/aromatic N) is 2. The Kier molecular flexibility index (Phi) is 4.91. The lowest BCUT2D eigenvalue weighted by molar-refractivity contribution is 0.374. The van der Waals surface area contributed by atoms with Crippen LogP contribution >= 0.6 is 0 Å². The second-order valence-corrected chi connectivity index (χ2v) is 8.12. The van der Waals surface area contributed by atoms with E-state index in [0.717, 1.165) is 16.7 Å². The van der Waals surface area contributed by atoms with Crippen molar-refractivity contribution in [2.24, 2.45) is 5.10 Å². The van der Waals surface area contributed by atoms with Crippen LogP contribution in [0.25, 0.3) is 0 Å². The molecule has 3 rings (SSSR count). The molecule has 1 aliphatic rings. The first-order chi connectivity index (χ1) is 12.3. The van der Waals surface area contributed by atoms with E-state index < -0.39 is 10.0 Å². The van der Waals surface area contributed by atoms with Gasteiger partial charge >= 0.3 is 0 Å². The number of aryl methyl sites for hydroxylation is 1. The van der Waals surface area contributed by atoms with Crippen LogP contribution in [0.4, 0.5) is 0 Å². The minimum atomic E-state index is -3.51. The molecule has 0 spiro atoms. The highest BCUT2D eigenvalue weighted by atomic mass is 32.2. The lowest BCUT2D eigenvalue weighted by Gasteiger charge is -2.21. The predicted octanol–water partition coefficient (Wildman–Crippen LogP) is 3.12. The molecule has 0 saturated heterocycles. The molecular weight excluding hydrogens is 352 g/mol. The average Bonchev–Trinajstić information content (AvgIpc) is 3.06. The maximum atomic E-state index is 12.3. The van der Waals surface area contributed by atoms with E-state index in [2.05, 4.69) is 5.10 Å². The van der Waals surface area contributed by atoms with Gasteiger partial charge < -0.3 is 9.47 Å². The van der Waals surface area contributed by atoms with E-state index in [-0.39, 0.29) is 6.04 Å². The number of ether oxygens (including phenoxy) is 2. The molecule has 1 unspecified atom stereocenters. The Morgan fingerprint density at radius 1 is 1.12 bits per heavy atom. The van der Waals surface area contributed by atoms with Crippen molar-refractivity contribution in [1.29, 1.82) is 0 Å². The number of benzene rings is 2. The fourth-order valence-corrected chi connectivity index (χ4v) is 4.02. The van der Waals surface area contributed by atoms with Crippen molar-refractivity contribution in [2.75, 3.05) is 20.5 Å². The van der Waals surface area contributed by atoms with Crippen LogP contribution < -0.4 is 9.47 Å². The Balaban J connectivity index is 2.05. The van der Waals surface area contributed by atoms with E-state index in [1.807, 2.05) is 43.3 Å². The van der Waals surface area contributed by atoms with E-state index in [9.17, 15) is 8.42 Å². The zero-order valence-electron chi connectivity index (χ0n) is 15.3. The van der Waals surface area contributed by atoms with Gasteiger partial charge in [-0.3, -0.25) is 0 Å². The molecule has 0 N–H and O–H groups in total. The summed E-state index contributed by atoms with van der Waals surface area (Å²) < 4.78 is 36.5. The SMILES string of the molecule is COc1ccc(C2=NN(S(C)(=O)=O)C(c3cccc(C)c3)C2)c(OC)c1. The van der Waals surface area contributed by atoms with Crippen LogP contribution in [0.2, 0.25) is 0 Å². The van der Waals surface area contributed by atoms with E-state index in [1.165, 1.54) is 10.7 Å². The van der Waals surface area contributed by atoms with Gasteiger partial charge in [-0.1, -0.05) is 29.8 Å². The van der Waals surface area contributed by atoms with Gasteiger partial charge in [-0.15, -0.1) is 0 Å². The molecule has 7 heteroatoms. The largest absolute Gasteiger partial charge is 0.497 e. The highest BCUT2D eigenvalue weighted by Crippen LogP contribution is 2.37. The lowest BCUT2D eigenvalue weighted by atomic mass is 9.97. The smallest absolute Gasteiger partial charge is 0.247 e. The first-order valence-corrected chi connectivity index (χ1v) is 10.0. The van der Waals surface area contributed by atoms with Crippen molar-refractivity contribution in [3.8, 4) is 11.5 Å². The molecule has 1 aliphatic heterocycles. The molecule has 6 nitrogen and oxygen atoms in total. The summed E-state index contributed by atoms with van der Waals surface area (Å²) in [4.78, 5) is 0. The van der Waals surface area contributed by atoms with E-state index in [4.69, 9.17) is 9.47 Å². The Labute approximate surface area is 154 Å². The molecule has 138 valence electrons. The summed E-state index contributed by atoms with van der Waals surface area (Å²) in [5.41, 5.74) is 3.42. The second-order valence-electron chi connectivity index (χ2n) is 6.28. The second kappa shape index (κ2) is 6.99. The predicted molar refractivity (Wildman–Crippen MR) is 101 cm³/mol. The molecular formula is C19H22N2O4S. The van der Waals surface area contributed by atoms with E-state index in [0.29, 0.717) is 23.6 Å². The fraction of sp³-hybridized carbons (Fsp3) is 0.316. The first-order valence-electron chi connectivity index (χ1n) is 8.19. The topological polar surface area (TPSA) is 68.2 Å². The van der Waals surface area contributed by atoms with Gasteiger partial charge in [0.05, 0.1) is 32.2 Å². The van der Waals surface area contributed by atoms with Crippen molar-refractivity contribution in [1.82, 2.24) is 4.41 Å².